The van der Waals surface area contributed by atoms with Crippen molar-refractivity contribution in [1.82, 2.24) is 10.6 Å². The molecule has 0 aliphatic rings. The van der Waals surface area contributed by atoms with E-state index in [1.807, 2.05) is 0 Å². The van der Waals surface area contributed by atoms with Crippen LogP contribution in [0.2, 0.25) is 0 Å². The summed E-state index contributed by atoms with van der Waals surface area (Å²) >= 11 is 0. The van der Waals surface area contributed by atoms with Gasteiger partial charge in [-0.3, -0.25) is 14.4 Å². The highest BCUT2D eigenvalue weighted by Gasteiger charge is 2.02. The molecule has 0 spiro atoms. The lowest BCUT2D eigenvalue weighted by molar-refractivity contribution is -0.127. The normalized spacial score (nSPS) is 9.08. The molecule has 0 bridgehead atoms. The van der Waals surface area contributed by atoms with E-state index in [9.17, 15) is 14.4 Å². The van der Waals surface area contributed by atoms with E-state index in [2.05, 4.69) is 10.6 Å². The Morgan fingerprint density at radius 2 is 1.54 bits per heavy atom. The van der Waals surface area contributed by atoms with Crippen LogP contribution in [-0.2, 0) is 14.4 Å². The van der Waals surface area contributed by atoms with E-state index >= 15 is 0 Å². The van der Waals surface area contributed by atoms with Gasteiger partial charge in [-0.25, -0.2) is 0 Å². The summed E-state index contributed by atoms with van der Waals surface area (Å²) < 4.78 is 0. The second-order valence-corrected chi connectivity index (χ2v) is 2.71. The highest BCUT2D eigenvalue weighted by atomic mass is 16.2. The molecule has 0 radical (unpaired) electrons. The Balaban J connectivity index is 3.37. The minimum atomic E-state index is -0.308. The standard InChI is InChI=1S/C8H14N2O3/c1-6(11)5-8(13)10-4-3-9-7(2)12/h3-5H2,1-2H3,(H,9,12)(H,10,13). The lowest BCUT2D eigenvalue weighted by atomic mass is 10.3. The summed E-state index contributed by atoms with van der Waals surface area (Å²) in [7, 11) is 0. The summed E-state index contributed by atoms with van der Waals surface area (Å²) in [5.74, 6) is -0.615. The molecule has 0 aromatic heterocycles. The van der Waals surface area contributed by atoms with Gasteiger partial charge in [0.05, 0.1) is 6.42 Å². The number of ketones is 1. The number of nitrogens with one attached hydrogen (secondary N) is 2. The SMILES string of the molecule is CC(=O)CC(=O)NCCNC(C)=O. The number of hydrogen-bond donors (Lipinski definition) is 2. The Morgan fingerprint density at radius 1 is 1.00 bits per heavy atom. The van der Waals surface area contributed by atoms with Crippen molar-refractivity contribution in [1.29, 1.82) is 0 Å². The highest BCUT2D eigenvalue weighted by Crippen LogP contribution is 1.80. The van der Waals surface area contributed by atoms with Gasteiger partial charge >= 0.3 is 0 Å². The summed E-state index contributed by atoms with van der Waals surface area (Å²) in [6, 6.07) is 0. The Bertz CT molecular complexity index is 213. The van der Waals surface area contributed by atoms with Crippen molar-refractivity contribution < 1.29 is 14.4 Å². The zero-order valence-corrected chi connectivity index (χ0v) is 7.85. The first-order valence-electron chi connectivity index (χ1n) is 4.03. The molecule has 74 valence electrons. The molecule has 0 aliphatic heterocycles. The van der Waals surface area contributed by atoms with Crippen LogP contribution in [0.25, 0.3) is 0 Å². The van der Waals surface area contributed by atoms with Crippen LogP contribution in [0.3, 0.4) is 0 Å². The predicted octanol–water partition coefficient (Wildman–Crippen LogP) is -0.782. The van der Waals surface area contributed by atoms with Crippen molar-refractivity contribution in [3.8, 4) is 0 Å². The third-order valence-electron chi connectivity index (χ3n) is 1.23. The molecule has 0 aliphatic carbocycles. The van der Waals surface area contributed by atoms with Crippen LogP contribution < -0.4 is 10.6 Å². The van der Waals surface area contributed by atoms with Gasteiger partial charge in [-0.05, 0) is 6.92 Å². The van der Waals surface area contributed by atoms with Crippen molar-refractivity contribution in [2.45, 2.75) is 20.3 Å². The molecule has 5 nitrogen and oxygen atoms in total. The van der Waals surface area contributed by atoms with Crippen LogP contribution >= 0.6 is 0 Å². The zero-order chi connectivity index (χ0) is 10.3. The third kappa shape index (κ3) is 8.52. The van der Waals surface area contributed by atoms with E-state index in [0.717, 1.165) is 0 Å². The van der Waals surface area contributed by atoms with Gasteiger partial charge in [0.2, 0.25) is 11.8 Å². The van der Waals surface area contributed by atoms with E-state index in [0.29, 0.717) is 13.1 Å². The van der Waals surface area contributed by atoms with E-state index < -0.39 is 0 Å². The fraction of sp³-hybridized carbons (Fsp3) is 0.625. The van der Waals surface area contributed by atoms with Gasteiger partial charge < -0.3 is 10.6 Å². The molecule has 0 saturated carbocycles. The average molecular weight is 186 g/mol. The summed E-state index contributed by atoms with van der Waals surface area (Å²) in [4.78, 5) is 31.7. The summed E-state index contributed by atoms with van der Waals surface area (Å²) in [5, 5.41) is 5.01. The van der Waals surface area contributed by atoms with Gasteiger partial charge in [-0.2, -0.15) is 0 Å². The highest BCUT2D eigenvalue weighted by molar-refractivity contribution is 5.96. The van der Waals surface area contributed by atoms with Gasteiger partial charge in [-0.1, -0.05) is 0 Å². The van der Waals surface area contributed by atoms with Crippen LogP contribution in [-0.4, -0.2) is 30.7 Å². The maximum Gasteiger partial charge on any atom is 0.227 e. The summed E-state index contributed by atoms with van der Waals surface area (Å²) in [5.41, 5.74) is 0. The van der Waals surface area contributed by atoms with Crippen molar-refractivity contribution in [3.63, 3.8) is 0 Å². The quantitative estimate of drug-likeness (QED) is 0.437. The van der Waals surface area contributed by atoms with Crippen LogP contribution in [0.4, 0.5) is 0 Å². The lowest BCUT2D eigenvalue weighted by Crippen LogP contribution is -2.34. The molecule has 2 N–H and O–H groups in total. The van der Waals surface area contributed by atoms with Gasteiger partial charge in [0.25, 0.3) is 0 Å². The Morgan fingerprint density at radius 3 is 2.00 bits per heavy atom. The first kappa shape index (κ1) is 11.6. The van der Waals surface area contributed by atoms with E-state index in [-0.39, 0.29) is 24.0 Å². The van der Waals surface area contributed by atoms with E-state index in [1.165, 1.54) is 13.8 Å². The topological polar surface area (TPSA) is 75.3 Å². The number of rotatable bonds is 5. The Labute approximate surface area is 76.9 Å². The fourth-order valence-electron chi connectivity index (χ4n) is 0.729. The van der Waals surface area contributed by atoms with Gasteiger partial charge in [-0.15, -0.1) is 0 Å². The molecule has 0 unspecified atom stereocenters. The molecule has 2 amide bonds. The van der Waals surface area contributed by atoms with Crippen molar-refractivity contribution in [3.05, 3.63) is 0 Å². The van der Waals surface area contributed by atoms with Crippen molar-refractivity contribution in [2.24, 2.45) is 0 Å². The molecule has 5 heteroatoms. The van der Waals surface area contributed by atoms with Crippen LogP contribution in [0.1, 0.15) is 20.3 Å². The third-order valence-corrected chi connectivity index (χ3v) is 1.23. The average Bonchev–Trinajstić information content (AvgIpc) is 1.96. The molecular formula is C8H14N2O3. The lowest BCUT2D eigenvalue weighted by Gasteiger charge is -2.03. The predicted molar refractivity (Wildman–Crippen MR) is 47.0 cm³/mol. The van der Waals surface area contributed by atoms with Gasteiger partial charge in [0.1, 0.15) is 5.78 Å². The second-order valence-electron chi connectivity index (χ2n) is 2.71. The first-order valence-corrected chi connectivity index (χ1v) is 4.03. The Kier molecular flexibility index (Phi) is 5.50. The van der Waals surface area contributed by atoms with Crippen LogP contribution in [0, 0.1) is 0 Å². The molecule has 0 heterocycles. The van der Waals surface area contributed by atoms with Gasteiger partial charge in [0.15, 0.2) is 0 Å². The largest absolute Gasteiger partial charge is 0.355 e. The smallest absolute Gasteiger partial charge is 0.227 e. The monoisotopic (exact) mass is 186 g/mol. The van der Waals surface area contributed by atoms with Crippen LogP contribution in [0.5, 0.6) is 0 Å². The summed E-state index contributed by atoms with van der Waals surface area (Å²) in [6.45, 7) is 3.50. The van der Waals surface area contributed by atoms with E-state index in [4.69, 9.17) is 0 Å². The molecule has 0 rings (SSSR count). The van der Waals surface area contributed by atoms with Crippen molar-refractivity contribution >= 4 is 17.6 Å². The van der Waals surface area contributed by atoms with E-state index in [1.54, 1.807) is 0 Å². The van der Waals surface area contributed by atoms with Crippen LogP contribution in [0.15, 0.2) is 0 Å². The summed E-state index contributed by atoms with van der Waals surface area (Å²) in [6.07, 6.45) is -0.0972. The molecule has 0 aromatic rings. The molecule has 0 atom stereocenters. The minimum absolute atomic E-state index is 0.0972. The maximum absolute atomic E-state index is 10.9. The van der Waals surface area contributed by atoms with Crippen molar-refractivity contribution in [2.75, 3.05) is 13.1 Å². The number of hydrogen-bond acceptors (Lipinski definition) is 3. The Hall–Kier alpha value is -1.39. The molecule has 0 saturated heterocycles. The molecule has 13 heavy (non-hydrogen) atoms. The molecule has 0 aromatic carbocycles. The molecule has 0 fully saturated rings. The molecular weight excluding hydrogens is 172 g/mol. The fourth-order valence-corrected chi connectivity index (χ4v) is 0.729. The zero-order valence-electron chi connectivity index (χ0n) is 7.85. The number of carbonyl (C=O) groups is 3. The minimum Gasteiger partial charge on any atom is -0.355 e. The number of Topliss-reactive ketones (excluding diaryl/α,β-unsaturated/α-hetero) is 1. The number of amides is 2. The maximum atomic E-state index is 10.9. The first-order chi connectivity index (χ1) is 6.02. The second kappa shape index (κ2) is 6.16. The van der Waals surface area contributed by atoms with Gasteiger partial charge in [0, 0.05) is 20.0 Å². The number of carbonyl (C=O) groups excluding carboxylic acids is 3.